The highest BCUT2D eigenvalue weighted by Crippen LogP contribution is 2.79. The van der Waals surface area contributed by atoms with Gasteiger partial charge in [-0.05, 0) is 27.4 Å². The van der Waals surface area contributed by atoms with Gasteiger partial charge in [-0.3, -0.25) is 0 Å². The van der Waals surface area contributed by atoms with E-state index in [4.69, 9.17) is 11.8 Å². The van der Waals surface area contributed by atoms with Crippen LogP contribution in [0.4, 0.5) is 8.78 Å². The first-order chi connectivity index (χ1) is 5.37. The molecule has 0 aromatic heterocycles. The lowest BCUT2D eigenvalue weighted by molar-refractivity contribution is 0.217. The molecule has 0 N–H and O–H groups in total. The molecule has 0 aromatic rings. The van der Waals surface area contributed by atoms with Crippen molar-refractivity contribution in [2.75, 3.05) is 11.5 Å². The Bertz CT molecular complexity index is 172. The average molecular weight is 315 g/mol. The van der Waals surface area contributed by atoms with Gasteiger partial charge in [0.1, 0.15) is 4.44 Å². The van der Waals surface area contributed by atoms with E-state index in [0.717, 1.165) is 0 Å². The Kier molecular flexibility index (Phi) is 6.32. The van der Waals surface area contributed by atoms with Crippen molar-refractivity contribution >= 4 is 54.9 Å². The molecule has 0 nitrogen and oxygen atoms in total. The number of alkyl halides is 3. The first-order valence-electron chi connectivity index (χ1n) is 3.33. The minimum absolute atomic E-state index is 0.644. The third kappa shape index (κ3) is 3.82. The summed E-state index contributed by atoms with van der Waals surface area (Å²) in [4.78, 5) is 0. The van der Waals surface area contributed by atoms with Gasteiger partial charge >= 0.3 is 4.57 Å². The van der Waals surface area contributed by atoms with Gasteiger partial charge in [0.15, 0.2) is 0 Å². The van der Waals surface area contributed by atoms with Crippen molar-refractivity contribution in [3.63, 3.8) is 0 Å². The monoisotopic (exact) mass is 314 g/mol. The standard InChI is InChI=1S/C5H10BrF2PS3/c1-3-11-9(10,12-4-2)5(6,7)8/h3-4H2,1-2H3. The Morgan fingerprint density at radius 1 is 1.33 bits per heavy atom. The summed E-state index contributed by atoms with van der Waals surface area (Å²) in [6, 6.07) is 0. The lowest BCUT2D eigenvalue weighted by Gasteiger charge is -2.24. The fraction of sp³-hybridized carbons (Fsp3) is 1.00. The smallest absolute Gasteiger partial charge is 0.186 e. The van der Waals surface area contributed by atoms with Crippen molar-refractivity contribution in [2.24, 2.45) is 0 Å². The van der Waals surface area contributed by atoms with Crippen molar-refractivity contribution < 1.29 is 8.78 Å². The number of hydrogen-bond acceptors (Lipinski definition) is 3. The van der Waals surface area contributed by atoms with Crippen LogP contribution in [-0.4, -0.2) is 16.1 Å². The van der Waals surface area contributed by atoms with Crippen LogP contribution in [-0.2, 0) is 11.8 Å². The molecule has 0 unspecified atom stereocenters. The van der Waals surface area contributed by atoms with E-state index in [2.05, 4.69) is 15.9 Å². The molecule has 0 aliphatic carbocycles. The van der Waals surface area contributed by atoms with Crippen LogP contribution < -0.4 is 0 Å². The van der Waals surface area contributed by atoms with Crippen LogP contribution in [0.3, 0.4) is 0 Å². The molecule has 0 aliphatic rings. The molecule has 0 amide bonds. The zero-order valence-electron chi connectivity index (χ0n) is 6.72. The molecule has 0 atom stereocenters. The molecule has 0 saturated heterocycles. The largest absolute Gasteiger partial charge is 0.343 e. The fourth-order valence-electron chi connectivity index (χ4n) is 0.524. The Labute approximate surface area is 93.3 Å². The van der Waals surface area contributed by atoms with Gasteiger partial charge in [0, 0.05) is 0 Å². The Morgan fingerprint density at radius 3 is 1.83 bits per heavy atom. The molecule has 0 saturated carbocycles. The molecule has 0 bridgehead atoms. The minimum atomic E-state index is -2.88. The molecular formula is C5H10BrF2PS3. The van der Waals surface area contributed by atoms with E-state index in [1.54, 1.807) is 0 Å². The number of halogens is 3. The summed E-state index contributed by atoms with van der Waals surface area (Å²) < 4.78 is 20.4. The molecule has 74 valence electrons. The molecule has 7 heteroatoms. The summed E-state index contributed by atoms with van der Waals surface area (Å²) >= 11 is 9.76. The average Bonchev–Trinajstić information content (AvgIpc) is 1.86. The van der Waals surface area contributed by atoms with E-state index < -0.39 is 9.01 Å². The van der Waals surface area contributed by atoms with Crippen molar-refractivity contribution in [2.45, 2.75) is 18.4 Å². The summed E-state index contributed by atoms with van der Waals surface area (Å²) in [6.45, 7) is 3.70. The molecule has 0 aliphatic heterocycles. The van der Waals surface area contributed by atoms with Crippen molar-refractivity contribution in [3.8, 4) is 0 Å². The van der Waals surface area contributed by atoms with Crippen LogP contribution in [0.2, 0.25) is 0 Å². The van der Waals surface area contributed by atoms with E-state index >= 15 is 0 Å². The van der Waals surface area contributed by atoms with Crippen LogP contribution in [0, 0.1) is 0 Å². The maximum atomic E-state index is 13.0. The quantitative estimate of drug-likeness (QED) is 0.531. The molecule has 0 aromatic carbocycles. The topological polar surface area (TPSA) is 0 Å². The molecule has 0 heterocycles. The zero-order valence-corrected chi connectivity index (χ0v) is 11.6. The summed E-state index contributed by atoms with van der Waals surface area (Å²) in [7, 11) is 0. The molecule has 0 fully saturated rings. The van der Waals surface area contributed by atoms with Crippen LogP contribution in [0.15, 0.2) is 0 Å². The molecule has 12 heavy (non-hydrogen) atoms. The van der Waals surface area contributed by atoms with Crippen molar-refractivity contribution in [1.82, 2.24) is 0 Å². The first kappa shape index (κ1) is 13.7. The van der Waals surface area contributed by atoms with Crippen LogP contribution >= 0.6 is 43.1 Å². The number of rotatable bonds is 5. The van der Waals surface area contributed by atoms with Crippen LogP contribution in [0.1, 0.15) is 13.8 Å². The third-order valence-electron chi connectivity index (χ3n) is 0.909. The maximum Gasteiger partial charge on any atom is 0.343 e. The third-order valence-corrected chi connectivity index (χ3v) is 15.9. The van der Waals surface area contributed by atoms with Gasteiger partial charge < -0.3 is 0 Å². The highest BCUT2D eigenvalue weighted by molar-refractivity contribution is 9.16. The summed E-state index contributed by atoms with van der Waals surface area (Å²) in [6.07, 6.45) is 0. The molecular weight excluding hydrogens is 305 g/mol. The molecule has 0 radical (unpaired) electrons. The highest BCUT2D eigenvalue weighted by Gasteiger charge is 2.43. The highest BCUT2D eigenvalue weighted by atomic mass is 79.9. The Hall–Kier alpha value is 1.69. The van der Waals surface area contributed by atoms with Gasteiger partial charge in [-0.25, -0.2) is 0 Å². The van der Waals surface area contributed by atoms with E-state index in [1.807, 2.05) is 13.8 Å². The number of hydrogen-bond donors (Lipinski definition) is 0. The SMILES string of the molecule is CCSP(=S)(SCC)C(F)(F)Br. The van der Waals surface area contributed by atoms with Gasteiger partial charge in [0.05, 0.1) is 0 Å². The second kappa shape index (κ2) is 5.54. The van der Waals surface area contributed by atoms with Gasteiger partial charge in [0.25, 0.3) is 0 Å². The van der Waals surface area contributed by atoms with Crippen molar-refractivity contribution in [3.05, 3.63) is 0 Å². The minimum Gasteiger partial charge on any atom is -0.186 e. The summed E-state index contributed by atoms with van der Waals surface area (Å²) in [5.41, 5.74) is 0. The summed E-state index contributed by atoms with van der Waals surface area (Å²) in [5, 5.41) is 0. The zero-order chi connectivity index (χ0) is 9.83. The Morgan fingerprint density at radius 2 is 1.67 bits per heavy atom. The van der Waals surface area contributed by atoms with Gasteiger partial charge in [-0.2, -0.15) is 8.78 Å². The second-order valence-corrected chi connectivity index (χ2v) is 15.2. The van der Waals surface area contributed by atoms with Gasteiger partial charge in [-0.15, -0.1) is 22.8 Å². The molecule has 0 rings (SSSR count). The van der Waals surface area contributed by atoms with E-state index in [1.165, 1.54) is 22.8 Å². The first-order valence-corrected chi connectivity index (χ1v) is 10.1. The van der Waals surface area contributed by atoms with Gasteiger partial charge in [0.2, 0.25) is 0 Å². The normalized spacial score (nSPS) is 13.4. The maximum absolute atomic E-state index is 13.0. The van der Waals surface area contributed by atoms with Crippen molar-refractivity contribution in [1.29, 1.82) is 0 Å². The van der Waals surface area contributed by atoms with E-state index in [0.29, 0.717) is 11.5 Å². The van der Waals surface area contributed by atoms with Gasteiger partial charge in [-0.1, -0.05) is 25.7 Å². The van der Waals surface area contributed by atoms with Crippen LogP contribution in [0.5, 0.6) is 0 Å². The fourth-order valence-corrected chi connectivity index (χ4v) is 11.0. The summed E-state index contributed by atoms with van der Waals surface area (Å²) in [5.74, 6) is 1.29. The molecule has 0 spiro atoms. The Balaban J connectivity index is 4.51. The van der Waals surface area contributed by atoms with E-state index in [-0.39, 0.29) is 0 Å². The predicted octanol–water partition coefficient (Wildman–Crippen LogP) is 4.75. The predicted molar refractivity (Wildman–Crippen MR) is 64.4 cm³/mol. The lowest BCUT2D eigenvalue weighted by Crippen LogP contribution is -2.01. The lowest BCUT2D eigenvalue weighted by atomic mass is 11.0. The second-order valence-electron chi connectivity index (χ2n) is 1.80. The van der Waals surface area contributed by atoms with E-state index in [9.17, 15) is 8.78 Å². The van der Waals surface area contributed by atoms with Crippen LogP contribution in [0.25, 0.3) is 0 Å².